The third-order valence-electron chi connectivity index (χ3n) is 2.41. The van der Waals surface area contributed by atoms with Gasteiger partial charge in [0.2, 0.25) is 12.4 Å². The predicted molar refractivity (Wildman–Crippen MR) is 62.2 cm³/mol. The van der Waals surface area contributed by atoms with E-state index in [0.29, 0.717) is 5.56 Å². The van der Waals surface area contributed by atoms with Crippen LogP contribution in [0.2, 0.25) is 0 Å². The van der Waals surface area contributed by atoms with E-state index in [1.165, 1.54) is 16.4 Å². The van der Waals surface area contributed by atoms with E-state index in [0.717, 1.165) is 6.42 Å². The fraction of sp³-hybridized carbons (Fsp3) is 0.154. The van der Waals surface area contributed by atoms with Gasteiger partial charge in [0, 0.05) is 30.1 Å². The smallest absolute Gasteiger partial charge is 0.202 e. The molecule has 0 N–H and O–H groups in total. The lowest BCUT2D eigenvalue weighted by atomic mass is 10.2. The molecule has 0 spiro atoms. The van der Waals surface area contributed by atoms with Gasteiger partial charge in [-0.05, 0) is 23.2 Å². The number of hydrogen-bond donors (Lipinski definition) is 0. The molecule has 4 nitrogen and oxygen atoms in total. The van der Waals surface area contributed by atoms with Crippen molar-refractivity contribution in [2.24, 2.45) is 5.10 Å². The molecule has 0 saturated carbocycles. The van der Waals surface area contributed by atoms with Crippen LogP contribution in [0.15, 0.2) is 54.2 Å². The molecule has 0 aliphatic heterocycles. The number of pyridine rings is 2. The molecule has 0 bridgehead atoms. The maximum atomic E-state index is 11.7. The monoisotopic (exact) mass is 227 g/mol. The first-order valence-corrected chi connectivity index (χ1v) is 5.46. The number of rotatable bonds is 3. The molecule has 2 aromatic rings. The quantitative estimate of drug-likeness (QED) is 0.435. The van der Waals surface area contributed by atoms with E-state index >= 15 is 0 Å². The Morgan fingerprint density at radius 1 is 1.35 bits per heavy atom. The van der Waals surface area contributed by atoms with Crippen LogP contribution in [0.25, 0.3) is 0 Å². The molecule has 0 saturated heterocycles. The lowest BCUT2D eigenvalue weighted by Crippen LogP contribution is -2.33. The van der Waals surface area contributed by atoms with Gasteiger partial charge in [-0.3, -0.25) is 4.98 Å². The van der Waals surface area contributed by atoms with E-state index in [1.54, 1.807) is 30.7 Å². The second-order valence-electron chi connectivity index (χ2n) is 3.59. The highest BCUT2D eigenvalue weighted by Gasteiger charge is 1.99. The van der Waals surface area contributed by atoms with Crippen LogP contribution < -0.4 is 9.78 Å². The van der Waals surface area contributed by atoms with Crippen LogP contribution in [0.4, 0.5) is 0 Å². The topological polar surface area (TPSA) is 52.2 Å². The molecule has 2 aromatic heterocycles. The molecule has 2 heterocycles. The summed E-state index contributed by atoms with van der Waals surface area (Å²) in [6.45, 7) is 2.08. The SMILES string of the molecule is CCc1cc[n+](/N=C(\[O-])c2cccnc2)cc1. The Morgan fingerprint density at radius 3 is 2.71 bits per heavy atom. The van der Waals surface area contributed by atoms with Crippen molar-refractivity contribution in [1.29, 1.82) is 0 Å². The molecule has 0 fully saturated rings. The highest BCUT2D eigenvalue weighted by atomic mass is 16.3. The first kappa shape index (κ1) is 11.3. The minimum Gasteiger partial charge on any atom is -0.854 e. The van der Waals surface area contributed by atoms with Crippen molar-refractivity contribution in [3.05, 3.63) is 60.2 Å². The highest BCUT2D eigenvalue weighted by Crippen LogP contribution is 1.96. The average molecular weight is 227 g/mol. The second kappa shape index (κ2) is 5.21. The van der Waals surface area contributed by atoms with Crippen LogP contribution in [0, 0.1) is 0 Å². The zero-order valence-corrected chi connectivity index (χ0v) is 9.58. The Morgan fingerprint density at radius 2 is 2.12 bits per heavy atom. The maximum Gasteiger partial charge on any atom is 0.202 e. The molecule has 0 aliphatic carbocycles. The van der Waals surface area contributed by atoms with Crippen molar-refractivity contribution >= 4 is 5.90 Å². The van der Waals surface area contributed by atoms with E-state index < -0.39 is 0 Å². The van der Waals surface area contributed by atoms with Gasteiger partial charge in [-0.2, -0.15) is 0 Å². The Balaban J connectivity index is 2.23. The summed E-state index contributed by atoms with van der Waals surface area (Å²) < 4.78 is 1.51. The average Bonchev–Trinajstić information content (AvgIpc) is 2.40. The summed E-state index contributed by atoms with van der Waals surface area (Å²) in [7, 11) is 0. The molecule has 0 unspecified atom stereocenters. The summed E-state index contributed by atoms with van der Waals surface area (Å²) in [5.41, 5.74) is 1.70. The third-order valence-corrected chi connectivity index (χ3v) is 2.41. The van der Waals surface area contributed by atoms with E-state index in [-0.39, 0.29) is 5.90 Å². The Labute approximate surface area is 99.9 Å². The van der Waals surface area contributed by atoms with Gasteiger partial charge in [0.05, 0.1) is 5.90 Å². The maximum absolute atomic E-state index is 11.7. The van der Waals surface area contributed by atoms with Crippen molar-refractivity contribution in [3.8, 4) is 0 Å². The van der Waals surface area contributed by atoms with Crippen molar-refractivity contribution in [2.75, 3.05) is 0 Å². The molecule has 0 radical (unpaired) electrons. The molecule has 17 heavy (non-hydrogen) atoms. The Hall–Kier alpha value is -2.23. The minimum absolute atomic E-state index is 0.299. The molecule has 0 aliphatic rings. The van der Waals surface area contributed by atoms with Gasteiger partial charge in [0.1, 0.15) is 0 Å². The number of hydrogen-bond acceptors (Lipinski definition) is 3. The fourth-order valence-electron chi connectivity index (χ4n) is 1.40. The highest BCUT2D eigenvalue weighted by molar-refractivity contribution is 5.89. The van der Waals surface area contributed by atoms with Crippen LogP contribution in [0.1, 0.15) is 18.1 Å². The van der Waals surface area contributed by atoms with Crippen LogP contribution in [-0.4, -0.2) is 10.9 Å². The van der Waals surface area contributed by atoms with Crippen LogP contribution >= 0.6 is 0 Å². The molecule has 86 valence electrons. The molecule has 0 amide bonds. The van der Waals surface area contributed by atoms with Gasteiger partial charge in [-0.15, -0.1) is 0 Å². The van der Waals surface area contributed by atoms with E-state index in [4.69, 9.17) is 0 Å². The van der Waals surface area contributed by atoms with Gasteiger partial charge >= 0.3 is 0 Å². The number of aryl methyl sites for hydroxylation is 1. The Bertz CT molecular complexity index is 506. The van der Waals surface area contributed by atoms with Crippen molar-refractivity contribution < 1.29 is 9.78 Å². The first-order chi connectivity index (χ1) is 8.29. The molecule has 2 rings (SSSR count). The van der Waals surface area contributed by atoms with E-state index in [9.17, 15) is 5.11 Å². The fourth-order valence-corrected chi connectivity index (χ4v) is 1.40. The summed E-state index contributed by atoms with van der Waals surface area (Å²) in [6.07, 6.45) is 7.64. The minimum atomic E-state index is -0.299. The lowest BCUT2D eigenvalue weighted by Gasteiger charge is -2.05. The van der Waals surface area contributed by atoms with Crippen molar-refractivity contribution in [3.63, 3.8) is 0 Å². The van der Waals surface area contributed by atoms with Gasteiger partial charge in [-0.25, -0.2) is 0 Å². The van der Waals surface area contributed by atoms with E-state index in [2.05, 4.69) is 17.0 Å². The zero-order valence-electron chi connectivity index (χ0n) is 9.58. The summed E-state index contributed by atoms with van der Waals surface area (Å²) in [6, 6.07) is 7.30. The third kappa shape index (κ3) is 2.87. The van der Waals surface area contributed by atoms with Gasteiger partial charge < -0.3 is 5.11 Å². The zero-order chi connectivity index (χ0) is 12.1. The largest absolute Gasteiger partial charge is 0.854 e. The molecular weight excluding hydrogens is 214 g/mol. The summed E-state index contributed by atoms with van der Waals surface area (Å²) in [4.78, 5) is 3.88. The molecular formula is C13H13N3O. The number of aromatic nitrogens is 2. The second-order valence-corrected chi connectivity index (χ2v) is 3.59. The van der Waals surface area contributed by atoms with Crippen molar-refractivity contribution in [1.82, 2.24) is 4.98 Å². The lowest BCUT2D eigenvalue weighted by molar-refractivity contribution is -0.681. The standard InChI is InChI=1S/C13H13N3O/c1-2-11-5-8-16(9-6-11)15-13(17)12-4-3-7-14-10-12/h3-10H,2H2,1H3. The van der Waals surface area contributed by atoms with Gasteiger partial charge in [0.15, 0.2) is 0 Å². The van der Waals surface area contributed by atoms with Gasteiger partial charge in [-0.1, -0.05) is 17.7 Å². The summed E-state index contributed by atoms with van der Waals surface area (Å²) >= 11 is 0. The van der Waals surface area contributed by atoms with Gasteiger partial charge in [0.25, 0.3) is 0 Å². The van der Waals surface area contributed by atoms with Crippen LogP contribution in [0.5, 0.6) is 0 Å². The summed E-state index contributed by atoms with van der Waals surface area (Å²) in [5.74, 6) is -0.299. The number of nitrogens with zero attached hydrogens (tertiary/aromatic N) is 3. The predicted octanol–water partition coefficient (Wildman–Crippen LogP) is 0.502. The molecule has 0 aromatic carbocycles. The summed E-state index contributed by atoms with van der Waals surface area (Å²) in [5, 5.41) is 15.7. The van der Waals surface area contributed by atoms with Crippen LogP contribution in [-0.2, 0) is 6.42 Å². The Kier molecular flexibility index (Phi) is 3.45. The molecule has 4 heteroatoms. The van der Waals surface area contributed by atoms with Crippen molar-refractivity contribution in [2.45, 2.75) is 13.3 Å². The molecule has 0 atom stereocenters. The first-order valence-electron chi connectivity index (χ1n) is 5.46. The van der Waals surface area contributed by atoms with E-state index in [1.807, 2.05) is 12.1 Å². The normalized spacial score (nSPS) is 11.5. The van der Waals surface area contributed by atoms with Crippen LogP contribution in [0.3, 0.4) is 0 Å².